The molecule has 0 amide bonds. The third-order valence-corrected chi connectivity index (χ3v) is 19.2. The van der Waals surface area contributed by atoms with Gasteiger partial charge in [0, 0.05) is 10.0 Å². The second-order valence-electron chi connectivity index (χ2n) is 6.12. The predicted molar refractivity (Wildman–Crippen MR) is 150 cm³/mol. The maximum absolute atomic E-state index is 10.7. The first-order valence-corrected chi connectivity index (χ1v) is 20.8. The van der Waals surface area contributed by atoms with Crippen LogP contribution in [0.15, 0.2) is 24.3 Å². The van der Waals surface area contributed by atoms with Gasteiger partial charge in [0.05, 0.1) is 20.1 Å². The van der Waals surface area contributed by atoms with E-state index in [1.807, 2.05) is 57.5 Å². The minimum absolute atomic E-state index is 0. The van der Waals surface area contributed by atoms with Gasteiger partial charge in [-0.3, -0.25) is 0 Å². The van der Waals surface area contributed by atoms with E-state index in [0.717, 1.165) is 8.64 Å². The molecule has 0 radical (unpaired) electrons. The molecule has 0 atom stereocenters. The summed E-state index contributed by atoms with van der Waals surface area (Å²) in [7, 11) is 11.6. The Hall–Kier alpha value is 1.51. The topological polar surface area (TPSA) is 52.6 Å². The molecule has 2 aromatic carbocycles. The fourth-order valence-electron chi connectivity index (χ4n) is 1.40. The van der Waals surface area contributed by atoms with Crippen molar-refractivity contribution in [3.63, 3.8) is 0 Å². The summed E-state index contributed by atoms with van der Waals surface area (Å²) >= 11 is 42.5. The van der Waals surface area contributed by atoms with Crippen LogP contribution < -0.4 is 10.2 Å². The van der Waals surface area contributed by atoms with Crippen molar-refractivity contribution in [2.75, 3.05) is 28.2 Å². The van der Waals surface area contributed by atoms with E-state index in [1.54, 1.807) is 0 Å². The Balaban J connectivity index is 0. The largest absolute Gasteiger partial charge is 2.00 e. The molecule has 2 rings (SSSR count). The second-order valence-corrected chi connectivity index (χ2v) is 20.2. The number of thiocarbonyl (C=S) groups is 2. The van der Waals surface area contributed by atoms with Crippen molar-refractivity contribution in [2.45, 2.75) is 0 Å². The van der Waals surface area contributed by atoms with Crippen LogP contribution in [0.25, 0.3) is 0 Å². The molecular formula is C18H16Cl6N2O2S4Zn2. The molecule has 0 bridgehead atoms. The quantitative estimate of drug-likeness (QED) is 0.177. The normalized spacial score (nSPS) is 9.24. The fraction of sp³-hybridized carbons (Fsp3) is 0.222. The summed E-state index contributed by atoms with van der Waals surface area (Å²) in [5, 5.41) is 22.7. The van der Waals surface area contributed by atoms with Crippen LogP contribution in [0.4, 0.5) is 0 Å². The molecule has 0 saturated carbocycles. The molecule has 0 fully saturated rings. The van der Waals surface area contributed by atoms with E-state index in [-0.39, 0.29) is 51.1 Å². The van der Waals surface area contributed by atoms with Gasteiger partial charge in [0.15, 0.2) is 0 Å². The van der Waals surface area contributed by atoms with Gasteiger partial charge >= 0.3 is 125 Å². The summed E-state index contributed by atoms with van der Waals surface area (Å²) < 4.78 is 1.96. The molecular weight excluding hydrogens is 748 g/mol. The number of rotatable bonds is 2. The molecule has 0 aliphatic heterocycles. The molecule has 0 aliphatic carbocycles. The first-order valence-electron chi connectivity index (χ1n) is 8.48. The van der Waals surface area contributed by atoms with Crippen molar-refractivity contribution in [3.8, 4) is 11.5 Å². The molecule has 180 valence electrons. The molecule has 4 nitrogen and oxygen atoms in total. The van der Waals surface area contributed by atoms with Crippen LogP contribution in [0.3, 0.4) is 0 Å². The fourth-order valence-corrected chi connectivity index (χ4v) is 16.7. The van der Waals surface area contributed by atoms with Crippen LogP contribution in [0.5, 0.6) is 11.5 Å². The third-order valence-electron chi connectivity index (χ3n) is 3.04. The summed E-state index contributed by atoms with van der Waals surface area (Å²) in [6.07, 6.45) is 0. The van der Waals surface area contributed by atoms with Crippen LogP contribution in [-0.4, -0.2) is 46.6 Å². The molecule has 16 heteroatoms. The van der Waals surface area contributed by atoms with Crippen molar-refractivity contribution >= 4 is 122 Å². The van der Waals surface area contributed by atoms with Gasteiger partial charge < -0.3 is 10.2 Å². The Bertz CT molecular complexity index is 799. The SMILES string of the molecule is CN(C)C(=S)[S][Zn][S]C(=S)N(C)C.[O-]c1cc(Cl)c(Cl)cc1Cl.[O-]c1cc(Cl)c(Cl)cc1Cl.[Zn+2]. The Morgan fingerprint density at radius 2 is 0.912 bits per heavy atom. The van der Waals surface area contributed by atoms with Crippen LogP contribution in [0.1, 0.15) is 0 Å². The molecule has 0 aliphatic rings. The Morgan fingerprint density at radius 1 is 0.647 bits per heavy atom. The second kappa shape index (κ2) is 19.6. The zero-order chi connectivity index (χ0) is 25.9. The van der Waals surface area contributed by atoms with Gasteiger partial charge in [0.25, 0.3) is 0 Å². The standard InChI is InChI=1S/2C6H3Cl3O.2C3H7NS2.2Zn/c2*7-3-1-5(9)6(10)2-4(3)8;2*1-4(2)3(5)6;;/h2*1-2,10H;2*1-2H3,(H,5,6);;/q;;;;2*+2/p-4. The number of hydrogen-bond donors (Lipinski definition) is 0. The van der Waals surface area contributed by atoms with Crippen LogP contribution in [0.2, 0.25) is 30.1 Å². The van der Waals surface area contributed by atoms with Gasteiger partial charge in [-0.1, -0.05) is 81.1 Å². The molecule has 0 aromatic heterocycles. The van der Waals surface area contributed by atoms with Crippen molar-refractivity contribution in [1.82, 2.24) is 9.80 Å². The van der Waals surface area contributed by atoms with Gasteiger partial charge in [0.1, 0.15) is 0 Å². The van der Waals surface area contributed by atoms with Gasteiger partial charge in [-0.05, 0) is 24.3 Å². The summed E-state index contributed by atoms with van der Waals surface area (Å²) in [6, 6.07) is 5.03. The van der Waals surface area contributed by atoms with E-state index in [2.05, 4.69) is 0 Å². The summed E-state index contributed by atoms with van der Waals surface area (Å²) in [4.78, 5) is 3.95. The van der Waals surface area contributed by atoms with Crippen molar-refractivity contribution in [2.24, 2.45) is 0 Å². The molecule has 34 heavy (non-hydrogen) atoms. The zero-order valence-electron chi connectivity index (χ0n) is 18.3. The average Bonchev–Trinajstić information content (AvgIpc) is 2.71. The molecule has 0 heterocycles. The smallest absolute Gasteiger partial charge is 0.871 e. The van der Waals surface area contributed by atoms with Crippen molar-refractivity contribution < 1.29 is 44.4 Å². The molecule has 0 N–H and O–H groups in total. The van der Waals surface area contributed by atoms with Crippen LogP contribution in [0, 0.1) is 0 Å². The van der Waals surface area contributed by atoms with E-state index < -0.39 is 14.7 Å². The third kappa shape index (κ3) is 15.7. The van der Waals surface area contributed by atoms with Gasteiger partial charge in [-0.15, -0.1) is 0 Å². The maximum Gasteiger partial charge on any atom is 2.00 e. The van der Waals surface area contributed by atoms with Crippen LogP contribution in [-0.2, 0) is 34.2 Å². The summed E-state index contributed by atoms with van der Waals surface area (Å²) in [5.41, 5.74) is 0. The van der Waals surface area contributed by atoms with E-state index in [1.165, 1.54) is 24.3 Å². The number of nitrogens with zero attached hydrogens (tertiary/aromatic N) is 2. The van der Waals surface area contributed by atoms with E-state index in [0.29, 0.717) is 10.0 Å². The number of hydrogen-bond acceptors (Lipinski definition) is 6. The number of halogens is 6. The summed E-state index contributed by atoms with van der Waals surface area (Å²) in [6.45, 7) is 0. The minimum Gasteiger partial charge on any atom is -0.871 e. The summed E-state index contributed by atoms with van der Waals surface area (Å²) in [5.74, 6) is -0.618. The van der Waals surface area contributed by atoms with Gasteiger partial charge in [0.2, 0.25) is 0 Å². The Labute approximate surface area is 267 Å². The predicted octanol–water partition coefficient (Wildman–Crippen LogP) is 7.50. The molecule has 0 saturated heterocycles. The molecule has 0 unspecified atom stereocenters. The molecule has 0 spiro atoms. The Morgan fingerprint density at radius 3 is 1.15 bits per heavy atom. The van der Waals surface area contributed by atoms with Crippen molar-refractivity contribution in [3.05, 3.63) is 54.4 Å². The van der Waals surface area contributed by atoms with Gasteiger partial charge in [-0.2, -0.15) is 0 Å². The number of benzene rings is 2. The van der Waals surface area contributed by atoms with E-state index in [9.17, 15) is 10.2 Å². The minimum atomic E-state index is -0.716. The van der Waals surface area contributed by atoms with E-state index >= 15 is 0 Å². The Kier molecular flexibility index (Phi) is 21.7. The first kappa shape index (κ1) is 37.7. The van der Waals surface area contributed by atoms with Crippen molar-refractivity contribution in [1.29, 1.82) is 0 Å². The van der Waals surface area contributed by atoms with Gasteiger partial charge in [-0.25, -0.2) is 0 Å². The van der Waals surface area contributed by atoms with Crippen LogP contribution >= 0.6 is 114 Å². The monoisotopic (exact) mass is 758 g/mol. The average molecular weight is 764 g/mol. The van der Waals surface area contributed by atoms with E-state index in [4.69, 9.17) is 94.0 Å². The first-order chi connectivity index (χ1) is 15.2. The molecule has 2 aromatic rings. The maximum atomic E-state index is 10.7. The zero-order valence-corrected chi connectivity index (χ0v) is 32.1.